The van der Waals surface area contributed by atoms with Crippen molar-refractivity contribution in [3.05, 3.63) is 29.8 Å². The number of rotatable bonds is 5. The lowest BCUT2D eigenvalue weighted by Crippen LogP contribution is -2.50. The van der Waals surface area contributed by atoms with Crippen molar-refractivity contribution < 1.29 is 4.79 Å². The molecule has 0 aliphatic carbocycles. The lowest BCUT2D eigenvalue weighted by molar-refractivity contribution is -0.123. The molecule has 1 aromatic rings. The average molecular weight is 313 g/mol. The molecule has 1 heterocycles. The largest absolute Gasteiger partial charge is 0.310 e. The number of hydrogen-bond acceptors (Lipinski definition) is 3. The summed E-state index contributed by atoms with van der Waals surface area (Å²) >= 11 is 0. The summed E-state index contributed by atoms with van der Waals surface area (Å²) in [6.45, 7) is 8.71. The number of likely N-dealkylation sites (tertiary alicyclic amines) is 1. The Morgan fingerprint density at radius 3 is 2.52 bits per heavy atom. The Morgan fingerprint density at radius 2 is 1.96 bits per heavy atom. The lowest BCUT2D eigenvalue weighted by atomic mass is 9.98. The van der Waals surface area contributed by atoms with Gasteiger partial charge in [-0.3, -0.25) is 9.69 Å². The summed E-state index contributed by atoms with van der Waals surface area (Å²) in [5.41, 5.74) is 2.05. The van der Waals surface area contributed by atoms with Gasteiger partial charge in [-0.05, 0) is 57.8 Å². The monoisotopic (exact) mass is 313 g/mol. The molecule has 1 saturated heterocycles. The molecular formula is C19H27N3O. The van der Waals surface area contributed by atoms with Gasteiger partial charge in [-0.15, -0.1) is 0 Å². The number of anilines is 1. The minimum absolute atomic E-state index is 0.0960. The smallest absolute Gasteiger partial charge is 0.244 e. The van der Waals surface area contributed by atoms with Crippen LogP contribution in [0.3, 0.4) is 0 Å². The number of nitriles is 1. The molecular weight excluding hydrogens is 286 g/mol. The third-order valence-corrected chi connectivity index (χ3v) is 4.78. The number of piperidine rings is 1. The molecule has 1 aliphatic rings. The first-order valence-corrected chi connectivity index (χ1v) is 8.52. The van der Waals surface area contributed by atoms with Gasteiger partial charge in [0.05, 0.1) is 18.5 Å². The summed E-state index contributed by atoms with van der Waals surface area (Å²) < 4.78 is 0. The maximum atomic E-state index is 13.0. The standard InChI is InChI=1S/C19H27N3O/c1-15-5-7-18(8-6-15)22(12-4-11-20)19(23)17(3)21-13-9-16(2)10-14-21/h5-8,16-17H,4,9-10,12-14H2,1-3H3. The van der Waals surface area contributed by atoms with Gasteiger partial charge in [-0.1, -0.05) is 24.6 Å². The third kappa shape index (κ3) is 4.56. The van der Waals surface area contributed by atoms with Crippen LogP contribution < -0.4 is 4.90 Å². The fourth-order valence-corrected chi connectivity index (χ4v) is 3.05. The Balaban J connectivity index is 2.12. The maximum Gasteiger partial charge on any atom is 0.244 e. The Labute approximate surface area is 139 Å². The van der Waals surface area contributed by atoms with Crippen LogP contribution in [0.4, 0.5) is 5.69 Å². The highest BCUT2D eigenvalue weighted by Gasteiger charge is 2.29. The van der Waals surface area contributed by atoms with Crippen molar-refractivity contribution in [2.75, 3.05) is 24.5 Å². The molecule has 0 radical (unpaired) electrons. The molecule has 23 heavy (non-hydrogen) atoms. The molecule has 4 heteroatoms. The molecule has 0 N–H and O–H groups in total. The molecule has 0 bridgehead atoms. The van der Waals surface area contributed by atoms with Crippen LogP contribution in [0.1, 0.15) is 38.7 Å². The Kier molecular flexibility index (Phi) is 6.18. The van der Waals surface area contributed by atoms with Crippen LogP contribution in [0.2, 0.25) is 0 Å². The summed E-state index contributed by atoms with van der Waals surface area (Å²) in [5, 5.41) is 8.91. The SMILES string of the molecule is Cc1ccc(N(CCC#N)C(=O)C(C)N2CCC(C)CC2)cc1. The molecule has 1 unspecified atom stereocenters. The summed E-state index contributed by atoms with van der Waals surface area (Å²) in [6.07, 6.45) is 2.66. The van der Waals surface area contributed by atoms with Gasteiger partial charge in [0, 0.05) is 12.2 Å². The van der Waals surface area contributed by atoms with E-state index in [-0.39, 0.29) is 11.9 Å². The van der Waals surface area contributed by atoms with Gasteiger partial charge in [-0.25, -0.2) is 0 Å². The van der Waals surface area contributed by atoms with Crippen molar-refractivity contribution >= 4 is 11.6 Å². The highest BCUT2D eigenvalue weighted by atomic mass is 16.2. The highest BCUT2D eigenvalue weighted by molar-refractivity contribution is 5.97. The van der Waals surface area contributed by atoms with Crippen LogP contribution in [-0.2, 0) is 4.79 Å². The van der Waals surface area contributed by atoms with Gasteiger partial charge < -0.3 is 4.90 Å². The van der Waals surface area contributed by atoms with Crippen molar-refractivity contribution in [2.45, 2.75) is 46.1 Å². The zero-order valence-corrected chi connectivity index (χ0v) is 14.5. The van der Waals surface area contributed by atoms with Crippen molar-refractivity contribution in [3.63, 3.8) is 0 Å². The van der Waals surface area contributed by atoms with E-state index in [9.17, 15) is 4.79 Å². The van der Waals surface area contributed by atoms with E-state index >= 15 is 0 Å². The van der Waals surface area contributed by atoms with Gasteiger partial charge in [0.25, 0.3) is 0 Å². The summed E-state index contributed by atoms with van der Waals surface area (Å²) in [5.74, 6) is 0.846. The van der Waals surface area contributed by atoms with Gasteiger partial charge in [0.15, 0.2) is 0 Å². The first-order chi connectivity index (χ1) is 11.0. The van der Waals surface area contributed by atoms with Crippen molar-refractivity contribution in [1.82, 2.24) is 4.90 Å². The zero-order valence-electron chi connectivity index (χ0n) is 14.5. The second-order valence-electron chi connectivity index (χ2n) is 6.63. The van der Waals surface area contributed by atoms with Crippen LogP contribution in [0.15, 0.2) is 24.3 Å². The third-order valence-electron chi connectivity index (χ3n) is 4.78. The molecule has 1 atom stereocenters. The average Bonchev–Trinajstić information content (AvgIpc) is 2.56. The minimum Gasteiger partial charge on any atom is -0.310 e. The van der Waals surface area contributed by atoms with Crippen molar-refractivity contribution in [3.8, 4) is 6.07 Å². The fraction of sp³-hybridized carbons (Fsp3) is 0.579. The quantitative estimate of drug-likeness (QED) is 0.837. The van der Waals surface area contributed by atoms with Crippen LogP contribution in [0, 0.1) is 24.2 Å². The Morgan fingerprint density at radius 1 is 1.35 bits per heavy atom. The second-order valence-corrected chi connectivity index (χ2v) is 6.63. The predicted octanol–water partition coefficient (Wildman–Crippen LogP) is 3.36. The van der Waals surface area contributed by atoms with Crippen LogP contribution in [-0.4, -0.2) is 36.5 Å². The number of benzene rings is 1. The van der Waals surface area contributed by atoms with Gasteiger partial charge in [-0.2, -0.15) is 5.26 Å². The molecule has 0 aromatic heterocycles. The minimum atomic E-state index is -0.137. The van der Waals surface area contributed by atoms with E-state index in [1.807, 2.05) is 38.1 Å². The number of nitrogens with zero attached hydrogens (tertiary/aromatic N) is 3. The molecule has 1 aliphatic heterocycles. The fourth-order valence-electron chi connectivity index (χ4n) is 3.05. The van der Waals surface area contributed by atoms with Gasteiger partial charge >= 0.3 is 0 Å². The Bertz CT molecular complexity index is 553. The van der Waals surface area contributed by atoms with E-state index in [0.29, 0.717) is 13.0 Å². The van der Waals surface area contributed by atoms with Crippen LogP contribution in [0.5, 0.6) is 0 Å². The molecule has 124 valence electrons. The highest BCUT2D eigenvalue weighted by Crippen LogP contribution is 2.22. The van der Waals surface area contributed by atoms with Crippen LogP contribution in [0.25, 0.3) is 0 Å². The Hall–Kier alpha value is -1.86. The molecule has 1 aromatic carbocycles. The summed E-state index contributed by atoms with van der Waals surface area (Å²) in [7, 11) is 0. The van der Waals surface area contributed by atoms with Gasteiger partial charge in [0.2, 0.25) is 5.91 Å². The molecule has 1 fully saturated rings. The van der Waals surface area contributed by atoms with E-state index in [0.717, 1.165) is 37.5 Å². The number of carbonyl (C=O) groups is 1. The second kappa shape index (κ2) is 8.12. The summed E-state index contributed by atoms with van der Waals surface area (Å²) in [6, 6.07) is 9.97. The number of carbonyl (C=O) groups excluding carboxylic acids is 1. The molecule has 4 nitrogen and oxygen atoms in total. The molecule has 0 saturated carbocycles. The summed E-state index contributed by atoms with van der Waals surface area (Å²) in [4.78, 5) is 17.0. The van der Waals surface area contributed by atoms with Crippen molar-refractivity contribution in [2.24, 2.45) is 5.92 Å². The lowest BCUT2D eigenvalue weighted by Gasteiger charge is -2.36. The number of hydrogen-bond donors (Lipinski definition) is 0. The van der Waals surface area contributed by atoms with Crippen molar-refractivity contribution in [1.29, 1.82) is 5.26 Å². The molecule has 0 spiro atoms. The first kappa shape index (κ1) is 17.5. The van der Waals surface area contributed by atoms with E-state index in [4.69, 9.17) is 5.26 Å². The maximum absolute atomic E-state index is 13.0. The van der Waals surface area contributed by atoms with E-state index in [2.05, 4.69) is 17.9 Å². The topological polar surface area (TPSA) is 47.3 Å². The molecule has 2 rings (SSSR count). The number of aryl methyl sites for hydroxylation is 1. The number of amides is 1. The van der Waals surface area contributed by atoms with E-state index < -0.39 is 0 Å². The normalized spacial score (nSPS) is 17.5. The van der Waals surface area contributed by atoms with E-state index in [1.54, 1.807) is 4.90 Å². The van der Waals surface area contributed by atoms with Crippen LogP contribution >= 0.6 is 0 Å². The zero-order chi connectivity index (χ0) is 16.8. The molecule has 1 amide bonds. The predicted molar refractivity (Wildman–Crippen MR) is 93.2 cm³/mol. The van der Waals surface area contributed by atoms with Gasteiger partial charge in [0.1, 0.15) is 0 Å². The van der Waals surface area contributed by atoms with E-state index in [1.165, 1.54) is 5.56 Å². The first-order valence-electron chi connectivity index (χ1n) is 8.52.